The number of rotatable bonds is 5. The molecule has 186 valence electrons. The maximum atomic E-state index is 2.95. The number of hydrogen-bond acceptors (Lipinski definition) is 4. The van der Waals surface area contributed by atoms with Crippen LogP contribution in [0.15, 0.2) is 0 Å². The van der Waals surface area contributed by atoms with Gasteiger partial charge in [0, 0.05) is 72.5 Å². The quantitative estimate of drug-likeness (QED) is 0.574. The largest absolute Gasteiger partial charge is 0.295 e. The summed E-state index contributed by atoms with van der Waals surface area (Å²) < 4.78 is 0. The summed E-state index contributed by atoms with van der Waals surface area (Å²) in [6, 6.07) is 2.98. The molecule has 0 aromatic heterocycles. The topological polar surface area (TPSA) is 13.0 Å². The Hall–Kier alpha value is -0.160. The lowest BCUT2D eigenvalue weighted by Crippen LogP contribution is -2.70. The van der Waals surface area contributed by atoms with E-state index < -0.39 is 0 Å². The second-order valence-electron chi connectivity index (χ2n) is 14.9. The van der Waals surface area contributed by atoms with Crippen LogP contribution in [0.4, 0.5) is 0 Å². The lowest BCUT2D eigenvalue weighted by Gasteiger charge is -2.60. The number of hydrogen-bond donors (Lipinski definition) is 0. The van der Waals surface area contributed by atoms with E-state index in [1.807, 2.05) is 0 Å². The molecule has 4 bridgehead atoms. The van der Waals surface area contributed by atoms with Crippen LogP contribution in [0, 0.1) is 0 Å². The molecule has 0 aliphatic carbocycles. The zero-order valence-electron chi connectivity index (χ0n) is 23.2. The fourth-order valence-electron chi connectivity index (χ4n) is 7.71. The minimum Gasteiger partial charge on any atom is -0.295 e. The molecule has 5 heterocycles. The summed E-state index contributed by atoms with van der Waals surface area (Å²) in [7, 11) is 0. The third-order valence-electron chi connectivity index (χ3n) is 9.65. The molecule has 0 radical (unpaired) electrons. The summed E-state index contributed by atoms with van der Waals surface area (Å²) in [4.78, 5) is 11.4. The lowest BCUT2D eigenvalue weighted by atomic mass is 9.80. The Morgan fingerprint density at radius 3 is 1.38 bits per heavy atom. The van der Waals surface area contributed by atoms with Gasteiger partial charge in [0.05, 0.1) is 0 Å². The molecule has 5 saturated heterocycles. The van der Waals surface area contributed by atoms with Crippen LogP contribution in [0.3, 0.4) is 0 Å². The highest BCUT2D eigenvalue weighted by atomic mass is 15.4. The molecule has 5 aliphatic rings. The molecule has 0 spiro atoms. The Morgan fingerprint density at radius 2 is 0.938 bits per heavy atom. The van der Waals surface area contributed by atoms with Crippen molar-refractivity contribution in [1.82, 2.24) is 19.6 Å². The van der Waals surface area contributed by atoms with Gasteiger partial charge < -0.3 is 0 Å². The Morgan fingerprint density at radius 1 is 0.500 bits per heavy atom. The molecule has 5 rings (SSSR count). The van der Waals surface area contributed by atoms with Gasteiger partial charge in [-0.25, -0.2) is 0 Å². The number of piperidine rings is 2. The maximum absolute atomic E-state index is 2.95. The first-order valence-electron chi connectivity index (χ1n) is 13.7. The first kappa shape index (κ1) is 24.9. The molecule has 5 aliphatic heterocycles. The van der Waals surface area contributed by atoms with Crippen LogP contribution in [0.1, 0.15) is 108 Å². The fraction of sp³-hybridized carbons (Fsp3) is 1.00. The third kappa shape index (κ3) is 4.68. The summed E-state index contributed by atoms with van der Waals surface area (Å²) >= 11 is 0. The van der Waals surface area contributed by atoms with Crippen LogP contribution >= 0.6 is 0 Å². The van der Waals surface area contributed by atoms with Crippen molar-refractivity contribution >= 4 is 0 Å². The van der Waals surface area contributed by atoms with Crippen molar-refractivity contribution in [2.45, 2.75) is 154 Å². The van der Waals surface area contributed by atoms with Crippen molar-refractivity contribution < 1.29 is 0 Å². The monoisotopic (exact) mass is 446 g/mol. The van der Waals surface area contributed by atoms with E-state index in [0.717, 1.165) is 24.2 Å². The highest BCUT2D eigenvalue weighted by Gasteiger charge is 2.50. The summed E-state index contributed by atoms with van der Waals surface area (Å²) in [5, 5.41) is 0. The van der Waals surface area contributed by atoms with Gasteiger partial charge in [-0.1, -0.05) is 0 Å². The Bertz CT molecular complexity index is 656. The Kier molecular flexibility index (Phi) is 6.40. The number of likely N-dealkylation sites (tertiary alicyclic amines) is 1. The highest BCUT2D eigenvalue weighted by molar-refractivity contribution is 5.06. The molecule has 0 aromatic carbocycles. The number of fused-ring (bicyclic) bond motifs is 5. The average molecular weight is 447 g/mol. The van der Waals surface area contributed by atoms with Gasteiger partial charge in [0.15, 0.2) is 0 Å². The summed E-state index contributed by atoms with van der Waals surface area (Å²) in [6.45, 7) is 29.6. The van der Waals surface area contributed by atoms with E-state index in [2.05, 4.69) is 88.8 Å². The molecule has 0 saturated carbocycles. The minimum atomic E-state index is 0.289. The van der Waals surface area contributed by atoms with Gasteiger partial charge >= 0.3 is 0 Å². The van der Waals surface area contributed by atoms with Crippen molar-refractivity contribution in [2.24, 2.45) is 0 Å². The molecule has 32 heavy (non-hydrogen) atoms. The predicted molar refractivity (Wildman–Crippen MR) is 137 cm³/mol. The molecular formula is C28H54N4. The zero-order valence-corrected chi connectivity index (χ0v) is 23.2. The van der Waals surface area contributed by atoms with E-state index in [9.17, 15) is 0 Å². The van der Waals surface area contributed by atoms with Crippen LogP contribution in [0.2, 0.25) is 0 Å². The average Bonchev–Trinajstić information content (AvgIpc) is 2.96. The molecule has 0 N–H and O–H groups in total. The Labute approximate surface area is 200 Å². The van der Waals surface area contributed by atoms with Crippen molar-refractivity contribution in [3.05, 3.63) is 0 Å². The third-order valence-corrected chi connectivity index (χ3v) is 9.65. The minimum absolute atomic E-state index is 0.289. The van der Waals surface area contributed by atoms with Gasteiger partial charge in [-0.2, -0.15) is 0 Å². The second-order valence-corrected chi connectivity index (χ2v) is 14.9. The molecule has 4 nitrogen and oxygen atoms in total. The molecule has 4 heteroatoms. The molecule has 5 fully saturated rings. The van der Waals surface area contributed by atoms with Gasteiger partial charge in [-0.15, -0.1) is 0 Å². The fourth-order valence-corrected chi connectivity index (χ4v) is 7.71. The maximum Gasteiger partial charge on any atom is 0.0232 e. The molecular weight excluding hydrogens is 392 g/mol. The van der Waals surface area contributed by atoms with Crippen molar-refractivity contribution in [1.29, 1.82) is 0 Å². The number of nitrogens with zero attached hydrogens (tertiary/aromatic N) is 4. The van der Waals surface area contributed by atoms with E-state index in [1.54, 1.807) is 0 Å². The normalized spacial score (nSPS) is 33.9. The van der Waals surface area contributed by atoms with Gasteiger partial charge in [-0.05, 0) is 108 Å². The van der Waals surface area contributed by atoms with Crippen LogP contribution in [0.25, 0.3) is 0 Å². The zero-order chi connectivity index (χ0) is 23.7. The van der Waals surface area contributed by atoms with E-state index in [4.69, 9.17) is 0 Å². The SMILES string of the molecule is CC(C)(C)N1CC2CCC(C1)N2C(C)(C)CCC(C)(C)N1CC2CCC1CN2C(C)(C)C. The predicted octanol–water partition coefficient (Wildman–Crippen LogP) is 5.22. The number of piperazine rings is 2. The van der Waals surface area contributed by atoms with Crippen LogP contribution in [-0.4, -0.2) is 92.1 Å². The standard InChI is InChI=1S/C28H54N4/c1-25(2,3)29-17-23-13-14-24(18-29)32(23)28(9,10)16-15-27(7,8)31-20-21-11-12-22(31)19-30(21)26(4,5)6/h21-24H,11-20H2,1-10H3. The lowest BCUT2D eigenvalue weighted by molar-refractivity contribution is -0.104. The van der Waals surface area contributed by atoms with Gasteiger partial charge in [0.2, 0.25) is 0 Å². The summed E-state index contributed by atoms with van der Waals surface area (Å²) in [5.41, 5.74) is 1.18. The van der Waals surface area contributed by atoms with Crippen LogP contribution < -0.4 is 0 Å². The van der Waals surface area contributed by atoms with Gasteiger partial charge in [0.25, 0.3) is 0 Å². The van der Waals surface area contributed by atoms with Crippen LogP contribution in [-0.2, 0) is 0 Å². The van der Waals surface area contributed by atoms with Crippen LogP contribution in [0.5, 0.6) is 0 Å². The van der Waals surface area contributed by atoms with Crippen molar-refractivity contribution in [3.63, 3.8) is 0 Å². The first-order valence-corrected chi connectivity index (χ1v) is 13.7. The van der Waals surface area contributed by atoms with Crippen molar-refractivity contribution in [2.75, 3.05) is 26.2 Å². The Balaban J connectivity index is 1.39. The van der Waals surface area contributed by atoms with E-state index in [-0.39, 0.29) is 5.54 Å². The molecule has 4 unspecified atom stereocenters. The van der Waals surface area contributed by atoms with Gasteiger partial charge in [-0.3, -0.25) is 19.6 Å². The van der Waals surface area contributed by atoms with E-state index in [1.165, 1.54) is 64.7 Å². The summed E-state index contributed by atoms with van der Waals surface area (Å²) in [5.74, 6) is 0. The van der Waals surface area contributed by atoms with E-state index in [0.29, 0.717) is 16.6 Å². The smallest absolute Gasteiger partial charge is 0.0232 e. The molecule has 0 amide bonds. The first-order chi connectivity index (χ1) is 14.6. The highest BCUT2D eigenvalue weighted by Crippen LogP contribution is 2.43. The molecule has 0 aromatic rings. The second kappa shape index (κ2) is 8.21. The van der Waals surface area contributed by atoms with Crippen molar-refractivity contribution in [3.8, 4) is 0 Å². The molecule has 4 atom stereocenters. The summed E-state index contributed by atoms with van der Waals surface area (Å²) in [6.07, 6.45) is 8.17. The van der Waals surface area contributed by atoms with Gasteiger partial charge in [0.1, 0.15) is 0 Å². The van der Waals surface area contributed by atoms with E-state index >= 15 is 0 Å².